The van der Waals surface area contributed by atoms with Gasteiger partial charge in [0.1, 0.15) is 0 Å². The summed E-state index contributed by atoms with van der Waals surface area (Å²) in [6.07, 6.45) is 0. The molecule has 2 heterocycles. The predicted molar refractivity (Wildman–Crippen MR) is 82.5 cm³/mol. The monoisotopic (exact) mass is 269 g/mol. The fourth-order valence-corrected chi connectivity index (χ4v) is 2.78. The molecule has 0 saturated heterocycles. The Bertz CT molecular complexity index is 705. The molecule has 96 valence electrons. The number of nitrogens with two attached hydrogens (primary N) is 1. The number of rotatable bonds is 3. The van der Waals surface area contributed by atoms with Gasteiger partial charge in [0, 0.05) is 29.0 Å². The number of nitrogens with zero attached hydrogens (tertiary/aromatic N) is 1. The first-order valence-electron chi connectivity index (χ1n) is 6.14. The highest BCUT2D eigenvalue weighted by Gasteiger charge is 2.04. The van der Waals surface area contributed by atoms with Gasteiger partial charge in [0.05, 0.1) is 5.52 Å². The Morgan fingerprint density at radius 1 is 1.26 bits per heavy atom. The number of anilines is 2. The molecule has 2 aromatic heterocycles. The molecule has 0 unspecified atom stereocenters. The number of aryl methyl sites for hydroxylation is 1. The number of nitrogen functional groups attached to an aromatic ring is 1. The van der Waals surface area contributed by atoms with Gasteiger partial charge in [-0.15, -0.1) is 0 Å². The van der Waals surface area contributed by atoms with Crippen LogP contribution in [0.1, 0.15) is 11.3 Å². The summed E-state index contributed by atoms with van der Waals surface area (Å²) in [6.45, 7) is 2.82. The molecule has 0 spiro atoms. The van der Waals surface area contributed by atoms with Crippen LogP contribution in [0.25, 0.3) is 10.9 Å². The van der Waals surface area contributed by atoms with Gasteiger partial charge in [-0.3, -0.25) is 4.98 Å². The van der Waals surface area contributed by atoms with Crippen molar-refractivity contribution in [1.82, 2.24) is 4.98 Å². The maximum atomic E-state index is 5.87. The minimum Gasteiger partial charge on any atom is -0.399 e. The molecule has 0 saturated carbocycles. The molecule has 0 bridgehead atoms. The highest BCUT2D eigenvalue weighted by Crippen LogP contribution is 2.25. The lowest BCUT2D eigenvalue weighted by molar-refractivity contribution is 1.16. The van der Waals surface area contributed by atoms with E-state index in [1.165, 1.54) is 5.56 Å². The van der Waals surface area contributed by atoms with Gasteiger partial charge < -0.3 is 11.1 Å². The lowest BCUT2D eigenvalue weighted by atomic mass is 10.1. The van der Waals surface area contributed by atoms with E-state index in [4.69, 9.17) is 5.73 Å². The molecule has 0 aliphatic heterocycles. The molecular weight excluding hydrogens is 254 g/mol. The molecular formula is C15H15N3S. The first-order chi connectivity index (χ1) is 9.22. The SMILES string of the molecule is Cc1cc(NCc2ccsc2)c2cc(N)ccc2n1. The fraction of sp³-hybridized carbons (Fsp3) is 0.133. The number of thiophene rings is 1. The number of hydrogen-bond donors (Lipinski definition) is 2. The second-order valence-electron chi connectivity index (χ2n) is 4.57. The average molecular weight is 269 g/mol. The first-order valence-corrected chi connectivity index (χ1v) is 7.08. The summed E-state index contributed by atoms with van der Waals surface area (Å²) in [5.41, 5.74) is 11.0. The van der Waals surface area contributed by atoms with Crippen molar-refractivity contribution in [3.8, 4) is 0 Å². The lowest BCUT2D eigenvalue weighted by Crippen LogP contribution is -2.00. The predicted octanol–water partition coefficient (Wildman–Crippen LogP) is 3.80. The van der Waals surface area contributed by atoms with Crippen molar-refractivity contribution in [2.24, 2.45) is 0 Å². The van der Waals surface area contributed by atoms with Gasteiger partial charge in [0.2, 0.25) is 0 Å². The molecule has 4 heteroatoms. The minimum atomic E-state index is 0.761. The third-order valence-corrected chi connectivity index (χ3v) is 3.76. The van der Waals surface area contributed by atoms with Crippen molar-refractivity contribution in [2.45, 2.75) is 13.5 Å². The number of aromatic nitrogens is 1. The molecule has 3 aromatic rings. The van der Waals surface area contributed by atoms with Crippen molar-refractivity contribution in [3.05, 3.63) is 52.3 Å². The van der Waals surface area contributed by atoms with Crippen LogP contribution in [0.5, 0.6) is 0 Å². The Morgan fingerprint density at radius 3 is 2.95 bits per heavy atom. The Kier molecular flexibility index (Phi) is 3.09. The molecule has 0 atom stereocenters. The van der Waals surface area contributed by atoms with Crippen molar-refractivity contribution < 1.29 is 0 Å². The van der Waals surface area contributed by atoms with Crippen LogP contribution in [0, 0.1) is 6.92 Å². The molecule has 19 heavy (non-hydrogen) atoms. The largest absolute Gasteiger partial charge is 0.399 e. The summed E-state index contributed by atoms with van der Waals surface area (Å²) in [6, 6.07) is 10.0. The van der Waals surface area contributed by atoms with E-state index in [0.29, 0.717) is 0 Å². The summed E-state index contributed by atoms with van der Waals surface area (Å²) in [7, 11) is 0. The second-order valence-corrected chi connectivity index (χ2v) is 5.35. The van der Waals surface area contributed by atoms with Crippen LogP contribution in [-0.2, 0) is 6.54 Å². The average Bonchev–Trinajstić information content (AvgIpc) is 2.89. The van der Waals surface area contributed by atoms with Crippen LogP contribution in [0.15, 0.2) is 41.1 Å². The number of nitrogens with one attached hydrogen (secondary N) is 1. The summed E-state index contributed by atoms with van der Waals surface area (Å²) >= 11 is 1.71. The van der Waals surface area contributed by atoms with Crippen LogP contribution in [-0.4, -0.2) is 4.98 Å². The topological polar surface area (TPSA) is 50.9 Å². The number of pyridine rings is 1. The third-order valence-electron chi connectivity index (χ3n) is 3.02. The molecule has 3 N–H and O–H groups in total. The van der Waals surface area contributed by atoms with Crippen molar-refractivity contribution in [2.75, 3.05) is 11.1 Å². The van der Waals surface area contributed by atoms with Gasteiger partial charge >= 0.3 is 0 Å². The summed E-state index contributed by atoms with van der Waals surface area (Å²) < 4.78 is 0. The zero-order chi connectivity index (χ0) is 13.2. The summed E-state index contributed by atoms with van der Waals surface area (Å²) in [4.78, 5) is 4.53. The molecule has 0 aliphatic rings. The van der Waals surface area contributed by atoms with Gasteiger partial charge in [0.25, 0.3) is 0 Å². The molecule has 0 amide bonds. The fourth-order valence-electron chi connectivity index (χ4n) is 2.11. The van der Waals surface area contributed by atoms with Crippen molar-refractivity contribution in [3.63, 3.8) is 0 Å². The molecule has 3 nitrogen and oxygen atoms in total. The maximum absolute atomic E-state index is 5.87. The van der Waals surface area contributed by atoms with Crippen LogP contribution in [0.2, 0.25) is 0 Å². The summed E-state index contributed by atoms with van der Waals surface area (Å²) in [5.74, 6) is 0. The normalized spacial score (nSPS) is 10.8. The van der Waals surface area contributed by atoms with E-state index >= 15 is 0 Å². The molecule has 0 fully saturated rings. The van der Waals surface area contributed by atoms with E-state index in [2.05, 4.69) is 33.2 Å². The number of hydrogen-bond acceptors (Lipinski definition) is 4. The van der Waals surface area contributed by atoms with E-state index in [0.717, 1.165) is 34.5 Å². The minimum absolute atomic E-state index is 0.761. The second kappa shape index (κ2) is 4.90. The van der Waals surface area contributed by atoms with Gasteiger partial charge in [-0.1, -0.05) is 0 Å². The standard InChI is InChI=1S/C15H15N3S/c1-10-6-15(17-8-11-4-5-19-9-11)13-7-12(16)2-3-14(13)18-10/h2-7,9H,8,16H2,1H3,(H,17,18). The van der Waals surface area contributed by atoms with Gasteiger partial charge in [-0.25, -0.2) is 0 Å². The number of fused-ring (bicyclic) bond motifs is 1. The molecule has 0 radical (unpaired) electrons. The lowest BCUT2D eigenvalue weighted by Gasteiger charge is -2.10. The van der Waals surface area contributed by atoms with Crippen LogP contribution in [0.3, 0.4) is 0 Å². The Balaban J connectivity index is 1.99. The van der Waals surface area contributed by atoms with Crippen molar-refractivity contribution in [1.29, 1.82) is 0 Å². The molecule has 3 rings (SSSR count). The molecule has 1 aromatic carbocycles. The van der Waals surface area contributed by atoms with Gasteiger partial charge in [-0.2, -0.15) is 11.3 Å². The van der Waals surface area contributed by atoms with Gasteiger partial charge in [-0.05, 0) is 53.6 Å². The zero-order valence-electron chi connectivity index (χ0n) is 10.7. The van der Waals surface area contributed by atoms with E-state index in [1.807, 2.05) is 25.1 Å². The van der Waals surface area contributed by atoms with Crippen molar-refractivity contribution >= 4 is 33.6 Å². The number of benzene rings is 1. The quantitative estimate of drug-likeness (QED) is 0.711. The highest BCUT2D eigenvalue weighted by atomic mass is 32.1. The van der Waals surface area contributed by atoms with Crippen LogP contribution < -0.4 is 11.1 Å². The van der Waals surface area contributed by atoms with E-state index in [-0.39, 0.29) is 0 Å². The summed E-state index contributed by atoms with van der Waals surface area (Å²) in [5, 5.41) is 8.78. The van der Waals surface area contributed by atoms with Gasteiger partial charge in [0.15, 0.2) is 0 Å². The van der Waals surface area contributed by atoms with E-state index in [1.54, 1.807) is 11.3 Å². The smallest absolute Gasteiger partial charge is 0.0727 e. The van der Waals surface area contributed by atoms with E-state index in [9.17, 15) is 0 Å². The Labute approximate surface area is 116 Å². The molecule has 0 aliphatic carbocycles. The zero-order valence-corrected chi connectivity index (χ0v) is 11.5. The Morgan fingerprint density at radius 2 is 2.16 bits per heavy atom. The first kappa shape index (κ1) is 12.0. The van der Waals surface area contributed by atoms with Crippen LogP contribution in [0.4, 0.5) is 11.4 Å². The highest BCUT2D eigenvalue weighted by molar-refractivity contribution is 7.07. The van der Waals surface area contributed by atoms with Crippen LogP contribution >= 0.6 is 11.3 Å². The maximum Gasteiger partial charge on any atom is 0.0727 e. The van der Waals surface area contributed by atoms with E-state index < -0.39 is 0 Å². The Hall–Kier alpha value is -2.07. The third kappa shape index (κ3) is 2.53.